The van der Waals surface area contributed by atoms with Gasteiger partial charge in [-0.05, 0) is 32.2 Å². The van der Waals surface area contributed by atoms with Crippen LogP contribution in [-0.4, -0.2) is 45.2 Å². The molecule has 5 heteroatoms. The Labute approximate surface area is 110 Å². The van der Waals surface area contributed by atoms with Crippen LogP contribution in [0.5, 0.6) is 0 Å². The van der Waals surface area contributed by atoms with Crippen LogP contribution >= 0.6 is 0 Å². The summed E-state index contributed by atoms with van der Waals surface area (Å²) < 4.78 is 30.0. The van der Waals surface area contributed by atoms with Crippen molar-refractivity contribution < 1.29 is 13.2 Å². The highest BCUT2D eigenvalue weighted by molar-refractivity contribution is 7.92. The summed E-state index contributed by atoms with van der Waals surface area (Å²) in [6.07, 6.45) is 4.73. The molecule has 2 fully saturated rings. The average Bonchev–Trinajstić information content (AvgIpc) is 2.85. The third kappa shape index (κ3) is 3.25. The van der Waals surface area contributed by atoms with Gasteiger partial charge in [0.15, 0.2) is 9.84 Å². The summed E-state index contributed by atoms with van der Waals surface area (Å²) in [4.78, 5) is 0. The molecule has 0 bridgehead atoms. The fourth-order valence-corrected chi connectivity index (χ4v) is 5.33. The Kier molecular flexibility index (Phi) is 5.04. The van der Waals surface area contributed by atoms with Gasteiger partial charge in [-0.25, -0.2) is 8.42 Å². The van der Waals surface area contributed by atoms with Crippen LogP contribution in [0.2, 0.25) is 0 Å². The van der Waals surface area contributed by atoms with Gasteiger partial charge in [0.05, 0.1) is 17.6 Å². The predicted octanol–water partition coefficient (Wildman–Crippen LogP) is 1.36. The standard InChI is InChI=1S/C13H25NO3S/c1-2-7-14-13(11-6-8-17-10-11)12-5-3-4-9-18(12,15)16/h11-14H,2-10H2,1H3. The van der Waals surface area contributed by atoms with Gasteiger partial charge in [-0.3, -0.25) is 0 Å². The predicted molar refractivity (Wildman–Crippen MR) is 72.4 cm³/mol. The summed E-state index contributed by atoms with van der Waals surface area (Å²) in [5, 5.41) is 3.29. The Balaban J connectivity index is 2.10. The molecule has 0 aliphatic carbocycles. The summed E-state index contributed by atoms with van der Waals surface area (Å²) in [6.45, 7) is 4.51. The van der Waals surface area contributed by atoms with E-state index in [0.717, 1.165) is 45.3 Å². The first-order valence-electron chi connectivity index (χ1n) is 7.18. The second-order valence-electron chi connectivity index (χ2n) is 5.50. The van der Waals surface area contributed by atoms with Crippen molar-refractivity contribution >= 4 is 9.84 Å². The zero-order valence-corrected chi connectivity index (χ0v) is 12.0. The van der Waals surface area contributed by atoms with E-state index in [1.54, 1.807) is 0 Å². The molecule has 0 radical (unpaired) electrons. The lowest BCUT2D eigenvalue weighted by atomic mass is 9.93. The number of rotatable bonds is 5. The van der Waals surface area contributed by atoms with Crippen LogP contribution in [0.4, 0.5) is 0 Å². The molecular formula is C13H25NO3S. The van der Waals surface area contributed by atoms with E-state index < -0.39 is 9.84 Å². The molecule has 18 heavy (non-hydrogen) atoms. The van der Waals surface area contributed by atoms with Crippen molar-refractivity contribution in [3.8, 4) is 0 Å². The molecule has 1 N–H and O–H groups in total. The van der Waals surface area contributed by atoms with Gasteiger partial charge in [-0.1, -0.05) is 13.3 Å². The SMILES string of the molecule is CCCNC(C1CCOC1)C1CCCCS1(=O)=O. The van der Waals surface area contributed by atoms with Crippen molar-refractivity contribution in [2.24, 2.45) is 5.92 Å². The van der Waals surface area contributed by atoms with E-state index in [9.17, 15) is 8.42 Å². The van der Waals surface area contributed by atoms with Gasteiger partial charge in [0.1, 0.15) is 0 Å². The molecule has 106 valence electrons. The van der Waals surface area contributed by atoms with Gasteiger partial charge in [-0.2, -0.15) is 0 Å². The highest BCUT2D eigenvalue weighted by Crippen LogP contribution is 2.29. The van der Waals surface area contributed by atoms with Crippen LogP contribution in [0.15, 0.2) is 0 Å². The van der Waals surface area contributed by atoms with E-state index in [-0.39, 0.29) is 11.3 Å². The molecule has 0 aromatic rings. The van der Waals surface area contributed by atoms with Crippen molar-refractivity contribution in [1.82, 2.24) is 5.32 Å². The van der Waals surface area contributed by atoms with Gasteiger partial charge in [0.2, 0.25) is 0 Å². The van der Waals surface area contributed by atoms with E-state index in [2.05, 4.69) is 12.2 Å². The fraction of sp³-hybridized carbons (Fsp3) is 1.00. The van der Waals surface area contributed by atoms with E-state index in [0.29, 0.717) is 18.3 Å². The number of hydrogen-bond donors (Lipinski definition) is 1. The maximum atomic E-state index is 12.3. The smallest absolute Gasteiger partial charge is 0.154 e. The van der Waals surface area contributed by atoms with Crippen molar-refractivity contribution in [2.75, 3.05) is 25.5 Å². The van der Waals surface area contributed by atoms with Crippen LogP contribution in [0, 0.1) is 5.92 Å². The molecule has 2 rings (SSSR count). The Hall–Kier alpha value is -0.130. The maximum absolute atomic E-state index is 12.3. The minimum absolute atomic E-state index is 0.0951. The monoisotopic (exact) mass is 275 g/mol. The van der Waals surface area contributed by atoms with Gasteiger partial charge in [-0.15, -0.1) is 0 Å². The Bertz CT molecular complexity index is 349. The summed E-state index contributed by atoms with van der Waals surface area (Å²) in [7, 11) is -2.91. The number of nitrogens with one attached hydrogen (secondary N) is 1. The summed E-state index contributed by atoms with van der Waals surface area (Å²) >= 11 is 0. The van der Waals surface area contributed by atoms with E-state index >= 15 is 0 Å². The second kappa shape index (κ2) is 6.35. The molecular weight excluding hydrogens is 250 g/mol. The fourth-order valence-electron chi connectivity index (χ4n) is 3.13. The molecule has 0 spiro atoms. The molecule has 0 saturated carbocycles. The number of ether oxygens (including phenoxy) is 1. The van der Waals surface area contributed by atoms with Gasteiger partial charge in [0, 0.05) is 18.6 Å². The lowest BCUT2D eigenvalue weighted by molar-refractivity contribution is 0.174. The van der Waals surface area contributed by atoms with Crippen LogP contribution < -0.4 is 5.32 Å². The molecule has 0 aromatic heterocycles. The minimum Gasteiger partial charge on any atom is -0.381 e. The Morgan fingerprint density at radius 1 is 1.33 bits per heavy atom. The first kappa shape index (κ1) is 14.3. The lowest BCUT2D eigenvalue weighted by Gasteiger charge is -2.34. The summed E-state index contributed by atoms with van der Waals surface area (Å²) in [5.74, 6) is 0.740. The van der Waals surface area contributed by atoms with Crippen LogP contribution in [0.1, 0.15) is 39.0 Å². The molecule has 2 aliphatic heterocycles. The van der Waals surface area contributed by atoms with E-state index in [4.69, 9.17) is 4.74 Å². The number of hydrogen-bond acceptors (Lipinski definition) is 4. The molecule has 2 aliphatic rings. The second-order valence-corrected chi connectivity index (χ2v) is 7.84. The van der Waals surface area contributed by atoms with Gasteiger partial charge < -0.3 is 10.1 Å². The normalized spacial score (nSPS) is 33.4. The zero-order valence-electron chi connectivity index (χ0n) is 11.2. The Morgan fingerprint density at radius 2 is 2.17 bits per heavy atom. The molecule has 3 atom stereocenters. The van der Waals surface area contributed by atoms with Gasteiger partial charge in [0.25, 0.3) is 0 Å². The molecule has 0 aromatic carbocycles. The van der Waals surface area contributed by atoms with Crippen molar-refractivity contribution in [1.29, 1.82) is 0 Å². The largest absolute Gasteiger partial charge is 0.381 e. The Morgan fingerprint density at radius 3 is 2.78 bits per heavy atom. The highest BCUT2D eigenvalue weighted by Gasteiger charge is 2.40. The molecule has 0 amide bonds. The van der Waals surface area contributed by atoms with Crippen molar-refractivity contribution in [3.63, 3.8) is 0 Å². The van der Waals surface area contributed by atoms with Crippen molar-refractivity contribution in [2.45, 2.75) is 50.3 Å². The quantitative estimate of drug-likeness (QED) is 0.823. The van der Waals surface area contributed by atoms with E-state index in [1.807, 2.05) is 0 Å². The minimum atomic E-state index is -2.91. The zero-order chi connectivity index (χ0) is 13.0. The van der Waals surface area contributed by atoms with Crippen molar-refractivity contribution in [3.05, 3.63) is 0 Å². The number of sulfone groups is 1. The summed E-state index contributed by atoms with van der Waals surface area (Å²) in [6, 6.07) is 0.0951. The molecule has 2 heterocycles. The van der Waals surface area contributed by atoms with Crippen LogP contribution in [0.25, 0.3) is 0 Å². The summed E-state index contributed by atoms with van der Waals surface area (Å²) in [5.41, 5.74) is 0. The molecule has 2 saturated heterocycles. The lowest BCUT2D eigenvalue weighted by Crippen LogP contribution is -2.51. The molecule has 4 nitrogen and oxygen atoms in total. The van der Waals surface area contributed by atoms with E-state index in [1.165, 1.54) is 0 Å². The van der Waals surface area contributed by atoms with Crippen LogP contribution in [-0.2, 0) is 14.6 Å². The average molecular weight is 275 g/mol. The maximum Gasteiger partial charge on any atom is 0.154 e. The molecule has 3 unspecified atom stereocenters. The van der Waals surface area contributed by atoms with Crippen LogP contribution in [0.3, 0.4) is 0 Å². The highest BCUT2D eigenvalue weighted by atomic mass is 32.2. The first-order valence-corrected chi connectivity index (χ1v) is 8.89. The van der Waals surface area contributed by atoms with Gasteiger partial charge >= 0.3 is 0 Å². The third-order valence-corrected chi connectivity index (χ3v) is 6.44. The third-order valence-electron chi connectivity index (χ3n) is 4.13. The topological polar surface area (TPSA) is 55.4 Å². The first-order chi connectivity index (χ1) is 8.65.